The van der Waals surface area contributed by atoms with E-state index in [1.807, 2.05) is 6.92 Å². The maximum Gasteiger partial charge on any atom is 0.274 e. The fourth-order valence-electron chi connectivity index (χ4n) is 2.44. The van der Waals surface area contributed by atoms with Gasteiger partial charge in [-0.15, -0.1) is 0 Å². The Morgan fingerprint density at radius 2 is 1.80 bits per heavy atom. The van der Waals surface area contributed by atoms with E-state index in [4.69, 9.17) is 23.2 Å². The Morgan fingerprint density at radius 3 is 2.40 bits per heavy atom. The minimum Gasteiger partial charge on any atom is -0.341 e. The highest BCUT2D eigenvalue weighted by atomic mass is 35.5. The molecule has 1 heterocycles. The van der Waals surface area contributed by atoms with Crippen LogP contribution in [-0.4, -0.2) is 29.0 Å². The molecule has 1 aromatic carbocycles. The van der Waals surface area contributed by atoms with E-state index in [-0.39, 0.29) is 5.91 Å². The van der Waals surface area contributed by atoms with Gasteiger partial charge < -0.3 is 10.2 Å². The SMILES string of the molecule is CCCN(CCC)c1nc(C)cc(C(=O)Nc2ccc(Cl)cc2Cl)n1. The monoisotopic (exact) mass is 380 g/mol. The quantitative estimate of drug-likeness (QED) is 0.736. The van der Waals surface area contributed by atoms with Gasteiger partial charge in [-0.1, -0.05) is 37.0 Å². The normalized spacial score (nSPS) is 10.6. The Hall–Kier alpha value is -1.85. The van der Waals surface area contributed by atoms with E-state index < -0.39 is 0 Å². The number of rotatable bonds is 7. The molecule has 0 fully saturated rings. The summed E-state index contributed by atoms with van der Waals surface area (Å²) in [6, 6.07) is 6.58. The molecule has 0 saturated heterocycles. The zero-order chi connectivity index (χ0) is 18.4. The van der Waals surface area contributed by atoms with Gasteiger partial charge >= 0.3 is 0 Å². The van der Waals surface area contributed by atoms with Crippen molar-refractivity contribution in [2.45, 2.75) is 33.6 Å². The summed E-state index contributed by atoms with van der Waals surface area (Å²) in [6.45, 7) is 7.76. The number of halogens is 2. The average molecular weight is 381 g/mol. The molecule has 5 nitrogen and oxygen atoms in total. The maximum atomic E-state index is 12.6. The Bertz CT molecular complexity index is 746. The van der Waals surface area contributed by atoms with E-state index in [1.165, 1.54) is 0 Å². The second-order valence-corrected chi connectivity index (χ2v) is 6.60. The molecular formula is C18H22Cl2N4O. The lowest BCUT2D eigenvalue weighted by Gasteiger charge is -2.22. The third-order valence-electron chi connectivity index (χ3n) is 3.52. The summed E-state index contributed by atoms with van der Waals surface area (Å²) in [6.07, 6.45) is 1.97. The zero-order valence-electron chi connectivity index (χ0n) is 14.6. The number of aryl methyl sites for hydroxylation is 1. The first-order valence-electron chi connectivity index (χ1n) is 8.31. The van der Waals surface area contributed by atoms with Crippen molar-refractivity contribution >= 4 is 40.7 Å². The fourth-order valence-corrected chi connectivity index (χ4v) is 2.90. The van der Waals surface area contributed by atoms with Gasteiger partial charge in [0.25, 0.3) is 5.91 Å². The van der Waals surface area contributed by atoms with E-state index in [0.717, 1.165) is 31.6 Å². The third-order valence-corrected chi connectivity index (χ3v) is 4.07. The Labute approximate surface area is 158 Å². The molecule has 0 unspecified atom stereocenters. The third kappa shape index (κ3) is 5.31. The molecule has 0 bridgehead atoms. The molecule has 0 spiro atoms. The summed E-state index contributed by atoms with van der Waals surface area (Å²) < 4.78 is 0. The summed E-state index contributed by atoms with van der Waals surface area (Å²) in [5.41, 5.74) is 1.55. The number of hydrogen-bond donors (Lipinski definition) is 1. The Kier molecular flexibility index (Phi) is 7.02. The summed E-state index contributed by atoms with van der Waals surface area (Å²) in [5, 5.41) is 3.66. The molecule has 2 aromatic rings. The molecule has 1 amide bonds. The number of nitrogens with one attached hydrogen (secondary N) is 1. The molecule has 0 radical (unpaired) electrons. The van der Waals surface area contributed by atoms with Crippen molar-refractivity contribution in [3.8, 4) is 0 Å². The smallest absolute Gasteiger partial charge is 0.274 e. The van der Waals surface area contributed by atoms with Crippen LogP contribution in [0.1, 0.15) is 42.9 Å². The van der Waals surface area contributed by atoms with Crippen LogP contribution in [0.3, 0.4) is 0 Å². The lowest BCUT2D eigenvalue weighted by molar-refractivity contribution is 0.102. The maximum absolute atomic E-state index is 12.6. The van der Waals surface area contributed by atoms with Gasteiger partial charge in [0.15, 0.2) is 0 Å². The van der Waals surface area contributed by atoms with Crippen LogP contribution < -0.4 is 10.2 Å². The standard InChI is InChI=1S/C18H22Cl2N4O/c1-4-8-24(9-5-2)18-21-12(3)10-16(23-18)17(25)22-15-7-6-13(19)11-14(15)20/h6-7,10-11H,4-5,8-9H2,1-3H3,(H,22,25). The van der Waals surface area contributed by atoms with Crippen LogP contribution >= 0.6 is 23.2 Å². The van der Waals surface area contributed by atoms with Crippen molar-refractivity contribution in [2.75, 3.05) is 23.3 Å². The van der Waals surface area contributed by atoms with Gasteiger partial charge in [0.2, 0.25) is 5.95 Å². The second kappa shape index (κ2) is 9.02. The predicted octanol–water partition coefficient (Wildman–Crippen LogP) is 4.97. The summed E-state index contributed by atoms with van der Waals surface area (Å²) in [5.74, 6) is 0.250. The van der Waals surface area contributed by atoms with Gasteiger partial charge in [-0.25, -0.2) is 9.97 Å². The topological polar surface area (TPSA) is 58.1 Å². The van der Waals surface area contributed by atoms with Gasteiger partial charge in [0, 0.05) is 23.8 Å². The number of anilines is 2. The van der Waals surface area contributed by atoms with Crippen molar-refractivity contribution in [3.63, 3.8) is 0 Å². The van der Waals surface area contributed by atoms with E-state index in [0.29, 0.717) is 27.4 Å². The first-order chi connectivity index (χ1) is 11.9. The van der Waals surface area contributed by atoms with Crippen molar-refractivity contribution < 1.29 is 4.79 Å². The van der Waals surface area contributed by atoms with Crippen LogP contribution in [0.5, 0.6) is 0 Å². The average Bonchev–Trinajstić information content (AvgIpc) is 2.56. The highest BCUT2D eigenvalue weighted by molar-refractivity contribution is 6.36. The van der Waals surface area contributed by atoms with Gasteiger partial charge in [-0.2, -0.15) is 0 Å². The van der Waals surface area contributed by atoms with E-state index in [9.17, 15) is 4.79 Å². The van der Waals surface area contributed by atoms with Crippen molar-refractivity contribution in [3.05, 3.63) is 45.7 Å². The van der Waals surface area contributed by atoms with E-state index >= 15 is 0 Å². The van der Waals surface area contributed by atoms with Crippen LogP contribution in [0.15, 0.2) is 24.3 Å². The summed E-state index contributed by atoms with van der Waals surface area (Å²) in [7, 11) is 0. The highest BCUT2D eigenvalue weighted by Gasteiger charge is 2.15. The van der Waals surface area contributed by atoms with Crippen molar-refractivity contribution in [2.24, 2.45) is 0 Å². The van der Waals surface area contributed by atoms with Crippen LogP contribution in [0, 0.1) is 6.92 Å². The van der Waals surface area contributed by atoms with Crippen LogP contribution in [0.4, 0.5) is 11.6 Å². The largest absolute Gasteiger partial charge is 0.341 e. The molecular weight excluding hydrogens is 359 g/mol. The number of carbonyl (C=O) groups is 1. The van der Waals surface area contributed by atoms with Crippen molar-refractivity contribution in [1.29, 1.82) is 0 Å². The molecule has 134 valence electrons. The molecule has 0 atom stereocenters. The van der Waals surface area contributed by atoms with Crippen molar-refractivity contribution in [1.82, 2.24) is 9.97 Å². The second-order valence-electron chi connectivity index (χ2n) is 5.76. The number of hydrogen-bond acceptors (Lipinski definition) is 4. The fraction of sp³-hybridized carbons (Fsp3) is 0.389. The minimum atomic E-state index is -0.330. The molecule has 0 aliphatic carbocycles. The number of carbonyl (C=O) groups excluding carboxylic acids is 1. The van der Waals surface area contributed by atoms with E-state index in [2.05, 4.69) is 34.0 Å². The number of benzene rings is 1. The minimum absolute atomic E-state index is 0.311. The Morgan fingerprint density at radius 1 is 1.12 bits per heavy atom. The van der Waals surface area contributed by atoms with Gasteiger partial charge in [0.05, 0.1) is 10.7 Å². The summed E-state index contributed by atoms with van der Waals surface area (Å²) >= 11 is 12.0. The number of amides is 1. The van der Waals surface area contributed by atoms with Crippen LogP contribution in [0.25, 0.3) is 0 Å². The van der Waals surface area contributed by atoms with Gasteiger partial charge in [0.1, 0.15) is 5.69 Å². The molecule has 0 saturated carbocycles. The number of nitrogens with zero attached hydrogens (tertiary/aromatic N) is 3. The van der Waals surface area contributed by atoms with Gasteiger partial charge in [-0.3, -0.25) is 4.79 Å². The zero-order valence-corrected chi connectivity index (χ0v) is 16.2. The summed E-state index contributed by atoms with van der Waals surface area (Å²) in [4.78, 5) is 23.6. The lowest BCUT2D eigenvalue weighted by Crippen LogP contribution is -2.28. The molecule has 2 rings (SSSR count). The molecule has 25 heavy (non-hydrogen) atoms. The van der Waals surface area contributed by atoms with Gasteiger partial charge in [-0.05, 0) is 44.0 Å². The molecule has 0 aliphatic rings. The molecule has 1 N–H and O–H groups in total. The Balaban J connectivity index is 2.27. The first kappa shape index (κ1) is 19.5. The van der Waals surface area contributed by atoms with Crippen LogP contribution in [-0.2, 0) is 0 Å². The van der Waals surface area contributed by atoms with Crippen LogP contribution in [0.2, 0.25) is 10.0 Å². The first-order valence-corrected chi connectivity index (χ1v) is 9.07. The predicted molar refractivity (Wildman–Crippen MR) is 104 cm³/mol. The highest BCUT2D eigenvalue weighted by Crippen LogP contribution is 2.25. The molecule has 0 aliphatic heterocycles. The van der Waals surface area contributed by atoms with E-state index in [1.54, 1.807) is 24.3 Å². The molecule has 7 heteroatoms. The molecule has 1 aromatic heterocycles. The lowest BCUT2D eigenvalue weighted by atomic mass is 10.2. The number of aromatic nitrogens is 2.